The van der Waals surface area contributed by atoms with Gasteiger partial charge in [0.1, 0.15) is 10.7 Å². The number of aromatic nitrogens is 2. The van der Waals surface area contributed by atoms with Gasteiger partial charge in [0, 0.05) is 24.2 Å². The highest BCUT2D eigenvalue weighted by Gasteiger charge is 2.27. The number of hydrogen-bond acceptors (Lipinski definition) is 6. The molecule has 3 heterocycles. The van der Waals surface area contributed by atoms with Gasteiger partial charge in [0.15, 0.2) is 0 Å². The predicted molar refractivity (Wildman–Crippen MR) is 86.4 cm³/mol. The van der Waals surface area contributed by atoms with E-state index in [2.05, 4.69) is 15.3 Å². The van der Waals surface area contributed by atoms with E-state index >= 15 is 0 Å². The second-order valence-corrected chi connectivity index (χ2v) is 8.08. The molecule has 8 heteroatoms. The molecule has 0 saturated carbocycles. The quantitative estimate of drug-likeness (QED) is 0.905. The summed E-state index contributed by atoms with van der Waals surface area (Å²) >= 11 is 1.59. The minimum Gasteiger partial charge on any atom is -0.365 e. The molecular weight excluding hydrogens is 320 g/mol. The van der Waals surface area contributed by atoms with E-state index in [1.165, 1.54) is 10.5 Å². The van der Waals surface area contributed by atoms with Gasteiger partial charge in [0.2, 0.25) is 10.0 Å². The third kappa shape index (κ3) is 3.13. The number of pyridine rings is 1. The van der Waals surface area contributed by atoms with Crippen LogP contribution in [-0.4, -0.2) is 35.8 Å². The van der Waals surface area contributed by atoms with E-state index < -0.39 is 10.0 Å². The van der Waals surface area contributed by atoms with Crippen LogP contribution in [0.2, 0.25) is 0 Å². The van der Waals surface area contributed by atoms with E-state index in [4.69, 9.17) is 0 Å². The van der Waals surface area contributed by atoms with Gasteiger partial charge in [0.05, 0.1) is 17.7 Å². The SMILES string of the molecule is Cc1ncsc1CNc1ccc(S(=O)(=O)N2CCCC2)cn1. The normalized spacial score (nSPS) is 16.0. The fourth-order valence-corrected chi connectivity index (χ4v) is 4.56. The van der Waals surface area contributed by atoms with Gasteiger partial charge in [-0.15, -0.1) is 11.3 Å². The molecule has 0 bridgehead atoms. The second kappa shape index (κ2) is 6.31. The number of anilines is 1. The molecule has 0 aromatic carbocycles. The summed E-state index contributed by atoms with van der Waals surface area (Å²) < 4.78 is 26.3. The molecular formula is C14H18N4O2S2. The van der Waals surface area contributed by atoms with Crippen molar-refractivity contribution in [3.63, 3.8) is 0 Å². The molecule has 2 aromatic rings. The minimum atomic E-state index is -3.39. The third-order valence-electron chi connectivity index (χ3n) is 3.71. The zero-order chi connectivity index (χ0) is 15.6. The standard InChI is InChI=1S/C14H18N4O2S2/c1-11-13(21-10-17-11)9-16-14-5-4-12(8-15-14)22(19,20)18-6-2-3-7-18/h4-5,8,10H,2-3,6-7,9H2,1H3,(H,15,16). The average molecular weight is 338 g/mol. The van der Waals surface area contributed by atoms with E-state index in [0.717, 1.165) is 23.4 Å². The zero-order valence-corrected chi connectivity index (χ0v) is 14.0. The van der Waals surface area contributed by atoms with Crippen molar-refractivity contribution in [2.45, 2.75) is 31.2 Å². The van der Waals surface area contributed by atoms with Gasteiger partial charge in [-0.05, 0) is 31.9 Å². The van der Waals surface area contributed by atoms with E-state index in [1.54, 1.807) is 23.5 Å². The highest BCUT2D eigenvalue weighted by Crippen LogP contribution is 2.21. The summed E-state index contributed by atoms with van der Waals surface area (Å²) in [4.78, 5) is 9.81. The first kappa shape index (κ1) is 15.4. The number of nitrogens with zero attached hydrogens (tertiary/aromatic N) is 3. The van der Waals surface area contributed by atoms with Gasteiger partial charge in [-0.3, -0.25) is 0 Å². The maximum absolute atomic E-state index is 12.4. The Labute approximate surface area is 134 Å². The lowest BCUT2D eigenvalue weighted by Gasteiger charge is -2.15. The van der Waals surface area contributed by atoms with Gasteiger partial charge in [0.25, 0.3) is 0 Å². The Morgan fingerprint density at radius 1 is 1.27 bits per heavy atom. The summed E-state index contributed by atoms with van der Waals surface area (Å²) in [5.74, 6) is 0.660. The molecule has 0 spiro atoms. The third-order valence-corrected chi connectivity index (χ3v) is 6.53. The molecule has 1 N–H and O–H groups in total. The zero-order valence-electron chi connectivity index (χ0n) is 12.3. The molecule has 6 nitrogen and oxygen atoms in total. The fourth-order valence-electron chi connectivity index (χ4n) is 2.38. The molecule has 0 radical (unpaired) electrons. The lowest BCUT2D eigenvalue weighted by atomic mass is 10.4. The number of aryl methyl sites for hydroxylation is 1. The van der Waals surface area contributed by atoms with Gasteiger partial charge in [-0.2, -0.15) is 4.31 Å². The molecule has 1 aliphatic rings. The van der Waals surface area contributed by atoms with Gasteiger partial charge >= 0.3 is 0 Å². The van der Waals surface area contributed by atoms with E-state index in [9.17, 15) is 8.42 Å². The van der Waals surface area contributed by atoms with Crippen LogP contribution in [0.1, 0.15) is 23.4 Å². The number of rotatable bonds is 5. The first-order chi connectivity index (χ1) is 10.6. The molecule has 0 amide bonds. The summed E-state index contributed by atoms with van der Waals surface area (Å²) in [6, 6.07) is 3.32. The number of hydrogen-bond donors (Lipinski definition) is 1. The Bertz CT molecular complexity index is 734. The topological polar surface area (TPSA) is 75.2 Å². The first-order valence-electron chi connectivity index (χ1n) is 7.16. The maximum atomic E-state index is 12.4. The number of sulfonamides is 1. The second-order valence-electron chi connectivity index (χ2n) is 5.20. The van der Waals surface area contributed by atoms with Crippen LogP contribution in [0.25, 0.3) is 0 Å². The van der Waals surface area contributed by atoms with Crippen molar-refractivity contribution in [2.75, 3.05) is 18.4 Å². The smallest absolute Gasteiger partial charge is 0.244 e. The lowest BCUT2D eigenvalue weighted by Crippen LogP contribution is -2.27. The van der Waals surface area contributed by atoms with Crippen molar-refractivity contribution in [3.05, 3.63) is 34.4 Å². The predicted octanol–water partition coefficient (Wildman–Crippen LogP) is 2.24. The Morgan fingerprint density at radius 3 is 2.64 bits per heavy atom. The first-order valence-corrected chi connectivity index (χ1v) is 9.48. The van der Waals surface area contributed by atoms with Crippen LogP contribution in [0.3, 0.4) is 0 Å². The van der Waals surface area contributed by atoms with Crippen molar-refractivity contribution in [1.29, 1.82) is 0 Å². The molecule has 0 atom stereocenters. The maximum Gasteiger partial charge on any atom is 0.244 e. The molecule has 0 unspecified atom stereocenters. The van der Waals surface area contributed by atoms with Crippen LogP contribution in [0.15, 0.2) is 28.7 Å². The molecule has 1 fully saturated rings. The number of thiazole rings is 1. The fraction of sp³-hybridized carbons (Fsp3) is 0.429. The Hall–Kier alpha value is -1.51. The van der Waals surface area contributed by atoms with E-state index in [-0.39, 0.29) is 4.90 Å². The van der Waals surface area contributed by atoms with Crippen molar-refractivity contribution in [3.8, 4) is 0 Å². The van der Waals surface area contributed by atoms with Crippen LogP contribution < -0.4 is 5.32 Å². The molecule has 0 aliphatic carbocycles. The summed E-state index contributed by atoms with van der Waals surface area (Å²) in [6.45, 7) is 3.81. The van der Waals surface area contributed by atoms with E-state index in [1.807, 2.05) is 12.4 Å². The summed E-state index contributed by atoms with van der Waals surface area (Å²) in [5, 5.41) is 3.19. The van der Waals surface area contributed by atoms with Crippen LogP contribution in [0, 0.1) is 6.92 Å². The highest BCUT2D eigenvalue weighted by molar-refractivity contribution is 7.89. The minimum absolute atomic E-state index is 0.258. The van der Waals surface area contributed by atoms with Gasteiger partial charge in [-0.25, -0.2) is 18.4 Å². The van der Waals surface area contributed by atoms with Crippen LogP contribution >= 0.6 is 11.3 Å². The Morgan fingerprint density at radius 2 is 2.05 bits per heavy atom. The van der Waals surface area contributed by atoms with Crippen molar-refractivity contribution in [1.82, 2.24) is 14.3 Å². The number of nitrogens with one attached hydrogen (secondary N) is 1. The van der Waals surface area contributed by atoms with Gasteiger partial charge in [-0.1, -0.05) is 0 Å². The van der Waals surface area contributed by atoms with Gasteiger partial charge < -0.3 is 5.32 Å². The van der Waals surface area contributed by atoms with Crippen LogP contribution in [0.5, 0.6) is 0 Å². The van der Waals surface area contributed by atoms with Crippen LogP contribution in [0.4, 0.5) is 5.82 Å². The monoisotopic (exact) mass is 338 g/mol. The molecule has 1 saturated heterocycles. The van der Waals surface area contributed by atoms with Crippen LogP contribution in [-0.2, 0) is 16.6 Å². The summed E-state index contributed by atoms with van der Waals surface area (Å²) in [6.07, 6.45) is 3.29. The molecule has 118 valence electrons. The molecule has 1 aliphatic heterocycles. The largest absolute Gasteiger partial charge is 0.365 e. The van der Waals surface area contributed by atoms with Crippen molar-refractivity contribution in [2.24, 2.45) is 0 Å². The highest BCUT2D eigenvalue weighted by atomic mass is 32.2. The molecule has 2 aromatic heterocycles. The molecule has 22 heavy (non-hydrogen) atoms. The summed E-state index contributed by atoms with van der Waals surface area (Å²) in [5.41, 5.74) is 2.82. The Balaban J connectivity index is 1.68. The Kier molecular flexibility index (Phi) is 4.42. The average Bonchev–Trinajstić information content (AvgIpc) is 3.17. The van der Waals surface area contributed by atoms with E-state index in [0.29, 0.717) is 25.5 Å². The summed E-state index contributed by atoms with van der Waals surface area (Å²) in [7, 11) is -3.39. The molecule has 3 rings (SSSR count). The van der Waals surface area contributed by atoms with Crippen molar-refractivity contribution >= 4 is 27.2 Å². The van der Waals surface area contributed by atoms with Crippen molar-refractivity contribution < 1.29 is 8.42 Å². The lowest BCUT2D eigenvalue weighted by molar-refractivity contribution is 0.477.